The van der Waals surface area contributed by atoms with Gasteiger partial charge in [-0.25, -0.2) is 4.79 Å². The van der Waals surface area contributed by atoms with Gasteiger partial charge < -0.3 is 14.0 Å². The van der Waals surface area contributed by atoms with E-state index in [9.17, 15) is 14.4 Å². The van der Waals surface area contributed by atoms with E-state index in [2.05, 4.69) is 18.4 Å². The number of rotatable bonds is 11. The number of aryl methyl sites for hydroxylation is 1. The molecule has 0 amide bonds. The molecular formula is C32H35NO5. The minimum atomic E-state index is -0.765. The SMILES string of the molecule is CCCCCC(=O)c1ccc2c(c1)c1cc(C(=O)c3ccc(OC(=O)OCC(C)C)cc3)ccc1n2CC. The first kappa shape index (κ1) is 27.1. The van der Waals surface area contributed by atoms with E-state index in [1.807, 2.05) is 50.2 Å². The second-order valence-corrected chi connectivity index (χ2v) is 10.00. The van der Waals surface area contributed by atoms with Crippen molar-refractivity contribution in [3.8, 4) is 5.75 Å². The highest BCUT2D eigenvalue weighted by atomic mass is 16.7. The molecule has 0 fully saturated rings. The molecule has 4 rings (SSSR count). The zero-order valence-corrected chi connectivity index (χ0v) is 22.6. The number of ether oxygens (including phenoxy) is 2. The van der Waals surface area contributed by atoms with Crippen molar-refractivity contribution in [3.05, 3.63) is 77.4 Å². The first-order valence-corrected chi connectivity index (χ1v) is 13.4. The topological polar surface area (TPSA) is 74.6 Å². The standard InChI is InChI=1S/C32H35NO5/c1-5-7-8-9-30(34)23-12-16-28-26(18-23)27-19-24(13-17-29(27)33(28)6-2)31(35)22-10-14-25(15-11-22)38-32(36)37-20-21(3)4/h10-19,21H,5-9,20H2,1-4H3. The maximum atomic E-state index is 13.3. The third kappa shape index (κ3) is 5.96. The minimum absolute atomic E-state index is 0.134. The van der Waals surface area contributed by atoms with Gasteiger partial charge in [0.1, 0.15) is 5.75 Å². The summed E-state index contributed by atoms with van der Waals surface area (Å²) in [7, 11) is 0. The van der Waals surface area contributed by atoms with Gasteiger partial charge in [0.2, 0.25) is 0 Å². The third-order valence-electron chi connectivity index (χ3n) is 6.62. The number of Topliss-reactive ketones (excluding diaryl/α,β-unsaturated/α-hetero) is 1. The maximum absolute atomic E-state index is 13.3. The molecule has 0 radical (unpaired) electrons. The van der Waals surface area contributed by atoms with E-state index in [-0.39, 0.29) is 24.1 Å². The van der Waals surface area contributed by atoms with Gasteiger partial charge in [0.05, 0.1) is 6.61 Å². The quantitative estimate of drug-likeness (QED) is 0.0879. The van der Waals surface area contributed by atoms with Crippen LogP contribution >= 0.6 is 0 Å². The number of benzene rings is 3. The van der Waals surface area contributed by atoms with E-state index >= 15 is 0 Å². The molecule has 0 spiro atoms. The molecule has 1 aromatic heterocycles. The Bertz CT molecular complexity index is 1460. The number of fused-ring (bicyclic) bond motifs is 3. The molecular weight excluding hydrogens is 478 g/mol. The third-order valence-corrected chi connectivity index (χ3v) is 6.62. The maximum Gasteiger partial charge on any atom is 0.513 e. The highest BCUT2D eigenvalue weighted by Gasteiger charge is 2.17. The van der Waals surface area contributed by atoms with Gasteiger partial charge in [0.25, 0.3) is 0 Å². The summed E-state index contributed by atoms with van der Waals surface area (Å²) in [6, 6.07) is 18.1. The van der Waals surface area contributed by atoms with Crippen molar-refractivity contribution >= 4 is 39.5 Å². The van der Waals surface area contributed by atoms with Gasteiger partial charge in [0, 0.05) is 51.5 Å². The van der Waals surface area contributed by atoms with Crippen LogP contribution in [0.4, 0.5) is 4.79 Å². The summed E-state index contributed by atoms with van der Waals surface area (Å²) in [4.78, 5) is 38.0. The van der Waals surface area contributed by atoms with Crippen molar-refractivity contribution in [2.45, 2.75) is 59.9 Å². The first-order chi connectivity index (χ1) is 18.3. The van der Waals surface area contributed by atoms with Crippen molar-refractivity contribution in [1.29, 1.82) is 0 Å². The number of carbonyl (C=O) groups is 3. The lowest BCUT2D eigenvalue weighted by atomic mass is 9.99. The molecule has 0 bridgehead atoms. The smallest absolute Gasteiger partial charge is 0.434 e. The Morgan fingerprint density at radius 3 is 2.00 bits per heavy atom. The Hall–Kier alpha value is -3.93. The van der Waals surface area contributed by atoms with Crippen LogP contribution in [0, 0.1) is 5.92 Å². The van der Waals surface area contributed by atoms with E-state index in [1.54, 1.807) is 24.3 Å². The van der Waals surface area contributed by atoms with Crippen molar-refractivity contribution in [1.82, 2.24) is 4.57 Å². The molecule has 0 aliphatic rings. The number of hydrogen-bond acceptors (Lipinski definition) is 5. The summed E-state index contributed by atoms with van der Waals surface area (Å²) in [5.41, 5.74) is 3.82. The van der Waals surface area contributed by atoms with Crippen molar-refractivity contribution in [2.75, 3.05) is 6.61 Å². The highest BCUT2D eigenvalue weighted by molar-refractivity contribution is 6.15. The van der Waals surface area contributed by atoms with E-state index < -0.39 is 6.16 Å². The molecule has 6 heteroatoms. The van der Waals surface area contributed by atoms with Crippen molar-refractivity contribution < 1.29 is 23.9 Å². The summed E-state index contributed by atoms with van der Waals surface area (Å²) in [5.74, 6) is 0.544. The van der Waals surface area contributed by atoms with Crippen LogP contribution in [0.3, 0.4) is 0 Å². The normalized spacial score (nSPS) is 11.3. The van der Waals surface area contributed by atoms with Crippen LogP contribution in [0.25, 0.3) is 21.8 Å². The Morgan fingerprint density at radius 1 is 0.789 bits per heavy atom. The minimum Gasteiger partial charge on any atom is -0.434 e. The summed E-state index contributed by atoms with van der Waals surface area (Å²) in [6.07, 6.45) is 2.80. The van der Waals surface area contributed by atoms with Crippen molar-refractivity contribution in [2.24, 2.45) is 5.92 Å². The Kier molecular flexibility index (Phi) is 8.62. The zero-order chi connectivity index (χ0) is 27.2. The molecule has 4 aromatic rings. The zero-order valence-electron chi connectivity index (χ0n) is 22.6. The number of nitrogens with zero attached hydrogens (tertiary/aromatic N) is 1. The molecule has 198 valence electrons. The van der Waals surface area contributed by atoms with Gasteiger partial charge in [-0.2, -0.15) is 0 Å². The molecule has 1 heterocycles. The number of carbonyl (C=O) groups excluding carboxylic acids is 3. The fourth-order valence-electron chi connectivity index (χ4n) is 4.64. The van der Waals surface area contributed by atoms with Crippen molar-refractivity contribution in [3.63, 3.8) is 0 Å². The molecule has 0 aliphatic carbocycles. The molecule has 0 saturated heterocycles. The average molecular weight is 514 g/mol. The largest absolute Gasteiger partial charge is 0.513 e. The van der Waals surface area contributed by atoms with Crippen LogP contribution in [0.5, 0.6) is 5.75 Å². The highest BCUT2D eigenvalue weighted by Crippen LogP contribution is 2.32. The average Bonchev–Trinajstić information content (AvgIpc) is 3.24. The monoisotopic (exact) mass is 513 g/mol. The first-order valence-electron chi connectivity index (χ1n) is 13.4. The second kappa shape index (κ2) is 12.1. The summed E-state index contributed by atoms with van der Waals surface area (Å²) < 4.78 is 12.4. The lowest BCUT2D eigenvalue weighted by Crippen LogP contribution is -2.14. The van der Waals surface area contributed by atoms with Gasteiger partial charge in [-0.1, -0.05) is 33.6 Å². The second-order valence-electron chi connectivity index (χ2n) is 10.00. The molecule has 0 atom stereocenters. The van der Waals surface area contributed by atoms with Crippen LogP contribution in [0.15, 0.2) is 60.7 Å². The summed E-state index contributed by atoms with van der Waals surface area (Å²) in [6.45, 7) is 9.15. The van der Waals surface area contributed by atoms with Gasteiger partial charge in [-0.3, -0.25) is 9.59 Å². The Labute approximate surface area is 223 Å². The van der Waals surface area contributed by atoms with Crippen LogP contribution in [0.2, 0.25) is 0 Å². The fourth-order valence-corrected chi connectivity index (χ4v) is 4.64. The number of aromatic nitrogens is 1. The molecule has 0 N–H and O–H groups in total. The molecule has 6 nitrogen and oxygen atoms in total. The molecule has 0 aliphatic heterocycles. The van der Waals surface area contributed by atoms with Crippen LogP contribution in [-0.2, 0) is 11.3 Å². The number of hydrogen-bond donors (Lipinski definition) is 0. The van der Waals surface area contributed by atoms with E-state index in [0.717, 1.165) is 47.6 Å². The molecule has 3 aromatic carbocycles. The van der Waals surface area contributed by atoms with Crippen LogP contribution in [-0.4, -0.2) is 28.9 Å². The van der Waals surface area contributed by atoms with Gasteiger partial charge in [-0.05, 0) is 79.9 Å². The lowest BCUT2D eigenvalue weighted by molar-refractivity contribution is 0.0885. The van der Waals surface area contributed by atoms with Gasteiger partial charge in [-0.15, -0.1) is 0 Å². The molecule has 0 unspecified atom stereocenters. The van der Waals surface area contributed by atoms with Crippen LogP contribution < -0.4 is 4.74 Å². The molecule has 38 heavy (non-hydrogen) atoms. The Balaban J connectivity index is 1.61. The van der Waals surface area contributed by atoms with Gasteiger partial charge in [0.15, 0.2) is 11.6 Å². The number of unbranched alkanes of at least 4 members (excludes halogenated alkanes) is 2. The van der Waals surface area contributed by atoms with Gasteiger partial charge >= 0.3 is 6.16 Å². The van der Waals surface area contributed by atoms with E-state index in [0.29, 0.717) is 28.9 Å². The van der Waals surface area contributed by atoms with E-state index in [4.69, 9.17) is 9.47 Å². The predicted molar refractivity (Wildman–Crippen MR) is 150 cm³/mol. The van der Waals surface area contributed by atoms with Crippen LogP contribution in [0.1, 0.15) is 79.7 Å². The van der Waals surface area contributed by atoms with E-state index in [1.165, 1.54) is 0 Å². The number of ketones is 2. The Morgan fingerprint density at radius 2 is 1.39 bits per heavy atom. The predicted octanol–water partition coefficient (Wildman–Crippen LogP) is 7.98. The summed E-state index contributed by atoms with van der Waals surface area (Å²) >= 11 is 0. The summed E-state index contributed by atoms with van der Waals surface area (Å²) in [5, 5.41) is 1.92. The fraction of sp³-hybridized carbons (Fsp3) is 0.344. The lowest BCUT2D eigenvalue weighted by Gasteiger charge is -2.08. The molecule has 0 saturated carbocycles.